The lowest BCUT2D eigenvalue weighted by atomic mass is 9.78. The highest BCUT2D eigenvalue weighted by atomic mass is 32.2. The van der Waals surface area contributed by atoms with Crippen LogP contribution in [0.3, 0.4) is 0 Å². The molecule has 0 saturated carbocycles. The molecule has 1 atom stereocenters. The number of benzene rings is 2. The quantitative estimate of drug-likeness (QED) is 0.383. The van der Waals surface area contributed by atoms with Crippen LogP contribution in [0, 0.1) is 15.5 Å². The molecule has 152 valence electrons. The fourth-order valence-corrected chi connectivity index (χ4v) is 6.61. The summed E-state index contributed by atoms with van der Waals surface area (Å²) in [6.07, 6.45) is 12.1. The second-order valence-corrected chi connectivity index (χ2v) is 10.1. The summed E-state index contributed by atoms with van der Waals surface area (Å²) < 4.78 is 0. The summed E-state index contributed by atoms with van der Waals surface area (Å²) >= 11 is 1.82. The molecule has 30 heavy (non-hydrogen) atoms. The zero-order valence-electron chi connectivity index (χ0n) is 17.6. The largest absolute Gasteiger partial charge is 0.356 e. The van der Waals surface area contributed by atoms with E-state index in [2.05, 4.69) is 63.1 Å². The number of hydrogen-bond donors (Lipinski definition) is 0. The monoisotopic (exact) mass is 416 g/mol. The van der Waals surface area contributed by atoms with E-state index < -0.39 is 0 Å². The highest BCUT2D eigenvalue weighted by molar-refractivity contribution is 8.01. The minimum Gasteiger partial charge on any atom is -0.356 e. The average Bonchev–Trinajstić information content (AvgIpc) is 2.87. The average molecular weight is 417 g/mol. The lowest BCUT2D eigenvalue weighted by Crippen LogP contribution is -2.46. The van der Waals surface area contributed by atoms with E-state index in [4.69, 9.17) is 0 Å². The normalized spacial score (nSPS) is 24.1. The van der Waals surface area contributed by atoms with Crippen molar-refractivity contribution in [1.29, 1.82) is 0 Å². The third kappa shape index (κ3) is 2.42. The molecule has 1 saturated heterocycles. The third-order valence-electron chi connectivity index (χ3n) is 6.80. The van der Waals surface area contributed by atoms with Gasteiger partial charge in [0.1, 0.15) is 4.87 Å². The second kappa shape index (κ2) is 6.35. The number of likely N-dealkylation sites (N-methyl/N-ethyl adjacent to an activating group) is 1. The fraction of sp³-hybridized carbons (Fsp3) is 0.280. The number of likely N-dealkylation sites (tertiary alicyclic amines) is 1. The summed E-state index contributed by atoms with van der Waals surface area (Å²) in [4.78, 5) is 14.6. The van der Waals surface area contributed by atoms with Crippen LogP contribution in [0.4, 0.5) is 5.69 Å². The van der Waals surface area contributed by atoms with Crippen molar-refractivity contribution in [2.45, 2.75) is 37.0 Å². The van der Waals surface area contributed by atoms with Crippen LogP contribution in [-0.4, -0.2) is 21.7 Å². The first-order chi connectivity index (χ1) is 14.3. The zero-order chi connectivity index (χ0) is 21.3. The fourth-order valence-electron chi connectivity index (χ4n) is 5.03. The number of nitro groups is 1. The van der Waals surface area contributed by atoms with Crippen LogP contribution >= 0.6 is 11.8 Å². The molecule has 5 rings (SSSR count). The Morgan fingerprint density at radius 2 is 1.90 bits per heavy atom. The molecular formula is C25H24N2O2S. The van der Waals surface area contributed by atoms with Gasteiger partial charge in [-0.2, -0.15) is 0 Å². The SMILES string of the molecule is CC1=CC=C2C(=CC1)N(C)C1(C=Cc3cc([N+](=O)[O-])c4ccccc4c3S1)C2(C)C. The van der Waals surface area contributed by atoms with Gasteiger partial charge in [-0.25, -0.2) is 0 Å². The first-order valence-electron chi connectivity index (χ1n) is 10.2. The maximum absolute atomic E-state index is 11.7. The van der Waals surface area contributed by atoms with Crippen molar-refractivity contribution in [2.75, 3.05) is 7.05 Å². The molecule has 0 N–H and O–H groups in total. The minimum atomic E-state index is -0.296. The summed E-state index contributed by atoms with van der Waals surface area (Å²) in [6, 6.07) is 9.41. The molecule has 5 heteroatoms. The Hall–Kier alpha value is -2.79. The van der Waals surface area contributed by atoms with Gasteiger partial charge in [-0.3, -0.25) is 10.1 Å². The van der Waals surface area contributed by atoms with Crippen molar-refractivity contribution in [3.8, 4) is 0 Å². The maximum Gasteiger partial charge on any atom is 0.277 e. The molecule has 2 heterocycles. The first kappa shape index (κ1) is 19.2. The lowest BCUT2D eigenvalue weighted by Gasteiger charge is -2.45. The van der Waals surface area contributed by atoms with Crippen molar-refractivity contribution < 1.29 is 4.92 Å². The number of thioether (sulfide) groups is 1. The molecule has 2 aliphatic heterocycles. The van der Waals surface area contributed by atoms with E-state index in [0.717, 1.165) is 22.3 Å². The van der Waals surface area contributed by atoms with E-state index in [9.17, 15) is 10.1 Å². The van der Waals surface area contributed by atoms with Crippen LogP contribution in [-0.2, 0) is 0 Å². The first-order valence-corrected chi connectivity index (χ1v) is 11.0. The molecule has 1 spiro atoms. The molecule has 2 aromatic carbocycles. The summed E-state index contributed by atoms with van der Waals surface area (Å²) in [5.41, 5.74) is 4.93. The maximum atomic E-state index is 11.7. The van der Waals surface area contributed by atoms with Crippen LogP contribution in [0.25, 0.3) is 16.8 Å². The number of non-ortho nitro benzene ring substituents is 1. The van der Waals surface area contributed by atoms with Gasteiger partial charge >= 0.3 is 0 Å². The number of allylic oxidation sites excluding steroid dienone is 5. The van der Waals surface area contributed by atoms with E-state index in [1.807, 2.05) is 36.0 Å². The van der Waals surface area contributed by atoms with Crippen LogP contribution in [0.15, 0.2) is 76.4 Å². The van der Waals surface area contributed by atoms with Gasteiger partial charge in [-0.15, -0.1) is 0 Å². The molecule has 0 aromatic heterocycles. The second-order valence-electron chi connectivity index (χ2n) is 8.82. The van der Waals surface area contributed by atoms with E-state index in [1.165, 1.54) is 16.8 Å². The Morgan fingerprint density at radius 3 is 2.63 bits per heavy atom. The molecule has 4 nitrogen and oxygen atoms in total. The van der Waals surface area contributed by atoms with Crippen molar-refractivity contribution in [3.63, 3.8) is 0 Å². The smallest absolute Gasteiger partial charge is 0.277 e. The van der Waals surface area contributed by atoms with Crippen molar-refractivity contribution in [2.24, 2.45) is 5.41 Å². The summed E-state index contributed by atoms with van der Waals surface area (Å²) in [6.45, 7) is 6.78. The van der Waals surface area contributed by atoms with E-state index in [-0.39, 0.29) is 20.9 Å². The summed E-state index contributed by atoms with van der Waals surface area (Å²) in [5.74, 6) is 0. The van der Waals surface area contributed by atoms with E-state index in [0.29, 0.717) is 5.39 Å². The zero-order valence-corrected chi connectivity index (χ0v) is 18.4. The highest BCUT2D eigenvalue weighted by Crippen LogP contribution is 2.63. The van der Waals surface area contributed by atoms with Gasteiger partial charge in [0, 0.05) is 34.5 Å². The van der Waals surface area contributed by atoms with Gasteiger partial charge in [-0.1, -0.05) is 73.7 Å². The van der Waals surface area contributed by atoms with Gasteiger partial charge in [0.2, 0.25) is 0 Å². The number of hydrogen-bond acceptors (Lipinski definition) is 4. The van der Waals surface area contributed by atoms with Gasteiger partial charge < -0.3 is 4.90 Å². The van der Waals surface area contributed by atoms with Crippen LogP contribution in [0.2, 0.25) is 0 Å². The Labute approximate surface area is 180 Å². The molecule has 1 unspecified atom stereocenters. The standard InChI is InChI=1S/C25H24N2O2S/c1-16-9-11-20-21(12-10-16)26(4)25(24(20,2)3)14-13-17-15-22(27(28)29)18-7-5-6-8-19(18)23(17)30-25/h5-9,11-15H,10H2,1-4H3. The number of rotatable bonds is 1. The Bertz CT molecular complexity index is 1240. The number of fused-ring (bicyclic) bond motifs is 4. The minimum absolute atomic E-state index is 0.142. The van der Waals surface area contributed by atoms with E-state index >= 15 is 0 Å². The number of nitrogens with zero attached hydrogens (tertiary/aromatic N) is 2. The molecule has 1 aliphatic carbocycles. The molecule has 0 bridgehead atoms. The lowest BCUT2D eigenvalue weighted by molar-refractivity contribution is -0.383. The Morgan fingerprint density at radius 1 is 1.17 bits per heavy atom. The topological polar surface area (TPSA) is 46.4 Å². The molecule has 0 radical (unpaired) electrons. The molecular weight excluding hydrogens is 392 g/mol. The van der Waals surface area contributed by atoms with Crippen LogP contribution in [0.1, 0.15) is 32.8 Å². The predicted molar refractivity (Wildman–Crippen MR) is 124 cm³/mol. The van der Waals surface area contributed by atoms with Crippen LogP contribution in [0.5, 0.6) is 0 Å². The number of nitro benzene ring substituents is 1. The summed E-state index contributed by atoms with van der Waals surface area (Å²) in [5, 5.41) is 13.3. The predicted octanol–water partition coefficient (Wildman–Crippen LogP) is 6.70. The molecule has 0 amide bonds. The van der Waals surface area contributed by atoms with Gasteiger partial charge in [0.25, 0.3) is 5.69 Å². The van der Waals surface area contributed by atoms with Gasteiger partial charge in [0.15, 0.2) is 0 Å². The Balaban J connectivity index is 1.74. The summed E-state index contributed by atoms with van der Waals surface area (Å²) in [7, 11) is 2.17. The van der Waals surface area contributed by atoms with Crippen molar-refractivity contribution in [1.82, 2.24) is 4.90 Å². The van der Waals surface area contributed by atoms with Gasteiger partial charge in [0.05, 0.1) is 10.3 Å². The molecule has 2 aromatic rings. The third-order valence-corrected chi connectivity index (χ3v) is 8.69. The Kier molecular flexibility index (Phi) is 4.06. The van der Waals surface area contributed by atoms with Gasteiger partial charge in [-0.05, 0) is 36.6 Å². The molecule has 3 aliphatic rings. The van der Waals surface area contributed by atoms with Crippen molar-refractivity contribution in [3.05, 3.63) is 87.2 Å². The van der Waals surface area contributed by atoms with Crippen LogP contribution < -0.4 is 0 Å². The van der Waals surface area contributed by atoms with E-state index in [1.54, 1.807) is 6.07 Å². The highest BCUT2D eigenvalue weighted by Gasteiger charge is 2.58. The molecule has 1 fully saturated rings. The van der Waals surface area contributed by atoms with Crippen molar-refractivity contribution >= 4 is 34.3 Å².